The Morgan fingerprint density at radius 2 is 1.69 bits per heavy atom. The summed E-state index contributed by atoms with van der Waals surface area (Å²) >= 11 is 0. The van der Waals surface area contributed by atoms with Crippen LogP contribution in [0.5, 0.6) is 0 Å². The number of allylic oxidation sites excluding steroid dienone is 4. The quantitative estimate of drug-likeness (QED) is 0.228. The first-order chi connectivity index (χ1) is 16.8. The number of nitrogens with one attached hydrogen (secondary N) is 1. The molecule has 0 aliphatic rings. The van der Waals surface area contributed by atoms with E-state index in [1.54, 1.807) is 25.2 Å². The zero-order chi connectivity index (χ0) is 25.6. The average Bonchev–Trinajstić information content (AvgIpc) is 2.84. The fraction of sp³-hybridized carbons (Fsp3) is 0.276. The van der Waals surface area contributed by atoms with Crippen LogP contribution in [0.25, 0.3) is 11.1 Å². The number of carboxylic acid groups (broad SMARTS) is 1. The van der Waals surface area contributed by atoms with Crippen LogP contribution in [-0.4, -0.2) is 29.0 Å². The standard InChI is InChI=1S/C29H33NO5/c1-4-9-26(10-5-2)35-29(34)21(3)19-25(30-27(31)17-18-28(32)33)20-22-13-15-24(16-14-22)23-11-7-6-8-12-23/h4-16,21,25H,1,17-20H2,2-3H3,(H,30,31)(H,32,33)/b10-5-,26-9+/t21?,25-/m0/s1. The minimum absolute atomic E-state index is 0.120. The minimum atomic E-state index is -1.03. The van der Waals surface area contributed by atoms with Gasteiger partial charge in [-0.2, -0.15) is 0 Å². The first kappa shape index (κ1) is 27.3. The molecular weight excluding hydrogens is 442 g/mol. The highest BCUT2D eigenvalue weighted by atomic mass is 16.5. The Morgan fingerprint density at radius 3 is 2.29 bits per heavy atom. The molecule has 1 unspecified atom stereocenters. The topological polar surface area (TPSA) is 92.7 Å². The highest BCUT2D eigenvalue weighted by Gasteiger charge is 2.23. The molecule has 0 aromatic heterocycles. The van der Waals surface area contributed by atoms with Crippen LogP contribution >= 0.6 is 0 Å². The molecule has 2 aromatic carbocycles. The molecule has 184 valence electrons. The predicted octanol–water partition coefficient (Wildman–Crippen LogP) is 5.46. The van der Waals surface area contributed by atoms with E-state index in [9.17, 15) is 14.4 Å². The molecule has 0 saturated carbocycles. The number of carbonyl (C=O) groups is 3. The number of esters is 1. The summed E-state index contributed by atoms with van der Waals surface area (Å²) in [6.45, 7) is 7.20. The molecule has 0 radical (unpaired) electrons. The van der Waals surface area contributed by atoms with E-state index in [1.165, 1.54) is 6.08 Å². The van der Waals surface area contributed by atoms with Gasteiger partial charge in [0.05, 0.1) is 12.3 Å². The molecule has 2 N–H and O–H groups in total. The van der Waals surface area contributed by atoms with Crippen molar-refractivity contribution in [3.05, 3.63) is 96.8 Å². The van der Waals surface area contributed by atoms with E-state index in [4.69, 9.17) is 9.84 Å². The zero-order valence-corrected chi connectivity index (χ0v) is 20.3. The van der Waals surface area contributed by atoms with Gasteiger partial charge in [0.2, 0.25) is 5.91 Å². The van der Waals surface area contributed by atoms with Crippen LogP contribution in [0, 0.1) is 5.92 Å². The summed E-state index contributed by atoms with van der Waals surface area (Å²) < 4.78 is 5.47. The summed E-state index contributed by atoms with van der Waals surface area (Å²) in [6, 6.07) is 17.7. The SMILES string of the molecule is C=C/C=C(\C=C/C)OC(=O)C(C)C[C@@H](Cc1ccc(-c2ccccc2)cc1)NC(=O)CCC(=O)O. The fourth-order valence-electron chi connectivity index (χ4n) is 3.61. The molecule has 2 rings (SSSR count). The average molecular weight is 476 g/mol. The fourth-order valence-corrected chi connectivity index (χ4v) is 3.61. The summed E-state index contributed by atoms with van der Waals surface area (Å²) in [5.41, 5.74) is 3.19. The van der Waals surface area contributed by atoms with Crippen LogP contribution in [0.4, 0.5) is 0 Å². The Hall–Kier alpha value is -3.93. The molecule has 0 aliphatic heterocycles. The van der Waals surface area contributed by atoms with Gasteiger partial charge in [-0.15, -0.1) is 0 Å². The second-order valence-corrected chi connectivity index (χ2v) is 8.29. The third-order valence-corrected chi connectivity index (χ3v) is 5.35. The predicted molar refractivity (Wildman–Crippen MR) is 137 cm³/mol. The molecular formula is C29H33NO5. The molecule has 0 spiro atoms. The van der Waals surface area contributed by atoms with Gasteiger partial charge in [0, 0.05) is 12.5 Å². The number of aliphatic carboxylic acids is 1. The lowest BCUT2D eigenvalue weighted by molar-refractivity contribution is -0.143. The number of ether oxygens (including phenoxy) is 1. The molecule has 0 saturated heterocycles. The lowest BCUT2D eigenvalue weighted by Crippen LogP contribution is -2.39. The van der Waals surface area contributed by atoms with Crippen LogP contribution in [0.15, 0.2) is 91.2 Å². The van der Waals surface area contributed by atoms with Crippen LogP contribution in [0.1, 0.15) is 38.7 Å². The monoisotopic (exact) mass is 475 g/mol. The van der Waals surface area contributed by atoms with Gasteiger partial charge in [-0.3, -0.25) is 14.4 Å². The van der Waals surface area contributed by atoms with Crippen molar-refractivity contribution in [2.24, 2.45) is 5.92 Å². The summed E-state index contributed by atoms with van der Waals surface area (Å²) in [6.07, 6.45) is 7.04. The van der Waals surface area contributed by atoms with Crippen molar-refractivity contribution in [2.75, 3.05) is 0 Å². The number of carboxylic acids is 1. The maximum Gasteiger partial charge on any atom is 0.314 e. The number of carbonyl (C=O) groups excluding carboxylic acids is 2. The van der Waals surface area contributed by atoms with Gasteiger partial charge in [-0.1, -0.05) is 80.3 Å². The molecule has 0 bridgehead atoms. The van der Waals surface area contributed by atoms with Crippen LogP contribution < -0.4 is 5.32 Å². The van der Waals surface area contributed by atoms with Gasteiger partial charge >= 0.3 is 11.9 Å². The van der Waals surface area contributed by atoms with Crippen molar-refractivity contribution in [3.63, 3.8) is 0 Å². The van der Waals surface area contributed by atoms with E-state index < -0.39 is 17.9 Å². The molecule has 2 atom stereocenters. The first-order valence-corrected chi connectivity index (χ1v) is 11.6. The molecule has 2 aromatic rings. The second-order valence-electron chi connectivity index (χ2n) is 8.29. The van der Waals surface area contributed by atoms with Gasteiger partial charge < -0.3 is 15.2 Å². The van der Waals surface area contributed by atoms with Gasteiger partial charge in [0.1, 0.15) is 5.76 Å². The highest BCUT2D eigenvalue weighted by Crippen LogP contribution is 2.21. The van der Waals surface area contributed by atoms with E-state index >= 15 is 0 Å². The van der Waals surface area contributed by atoms with Gasteiger partial charge in [-0.25, -0.2) is 0 Å². The van der Waals surface area contributed by atoms with Crippen molar-refractivity contribution in [2.45, 2.75) is 45.6 Å². The number of hydrogen-bond donors (Lipinski definition) is 2. The molecule has 35 heavy (non-hydrogen) atoms. The third-order valence-electron chi connectivity index (χ3n) is 5.35. The Labute approximate surface area is 207 Å². The van der Waals surface area contributed by atoms with Crippen LogP contribution in [-0.2, 0) is 25.5 Å². The van der Waals surface area contributed by atoms with Crippen LogP contribution in [0.2, 0.25) is 0 Å². The van der Waals surface area contributed by atoms with Crippen molar-refractivity contribution >= 4 is 17.8 Å². The molecule has 6 heteroatoms. The Morgan fingerprint density at radius 1 is 1.03 bits per heavy atom. The lowest BCUT2D eigenvalue weighted by Gasteiger charge is -2.22. The maximum atomic E-state index is 12.7. The molecule has 0 aliphatic carbocycles. The summed E-state index contributed by atoms with van der Waals surface area (Å²) in [5.74, 6) is -1.92. The summed E-state index contributed by atoms with van der Waals surface area (Å²) in [4.78, 5) is 35.9. The van der Waals surface area contributed by atoms with E-state index in [2.05, 4.69) is 11.9 Å². The Bertz CT molecular complexity index is 1050. The Kier molecular flexibility index (Phi) is 11.2. The molecule has 0 fully saturated rings. The van der Waals surface area contributed by atoms with Crippen molar-refractivity contribution in [3.8, 4) is 11.1 Å². The van der Waals surface area contributed by atoms with E-state index in [0.29, 0.717) is 18.6 Å². The third kappa shape index (κ3) is 9.84. The van der Waals surface area contributed by atoms with Crippen molar-refractivity contribution in [1.29, 1.82) is 0 Å². The Balaban J connectivity index is 2.12. The smallest absolute Gasteiger partial charge is 0.314 e. The minimum Gasteiger partial charge on any atom is -0.481 e. The maximum absolute atomic E-state index is 12.7. The lowest BCUT2D eigenvalue weighted by atomic mass is 9.94. The first-order valence-electron chi connectivity index (χ1n) is 11.6. The molecule has 1 amide bonds. The van der Waals surface area contributed by atoms with Gasteiger partial charge in [-0.05, 0) is 48.6 Å². The highest BCUT2D eigenvalue weighted by molar-refractivity contribution is 5.81. The largest absolute Gasteiger partial charge is 0.481 e. The number of benzene rings is 2. The van der Waals surface area contributed by atoms with Crippen LogP contribution in [0.3, 0.4) is 0 Å². The number of rotatable bonds is 13. The zero-order valence-electron chi connectivity index (χ0n) is 20.3. The summed E-state index contributed by atoms with van der Waals surface area (Å²) in [5, 5.41) is 11.8. The summed E-state index contributed by atoms with van der Waals surface area (Å²) in [7, 11) is 0. The van der Waals surface area contributed by atoms with Gasteiger partial charge in [0.25, 0.3) is 0 Å². The molecule has 6 nitrogen and oxygen atoms in total. The van der Waals surface area contributed by atoms with E-state index in [-0.39, 0.29) is 24.8 Å². The number of amides is 1. The van der Waals surface area contributed by atoms with Crippen molar-refractivity contribution < 1.29 is 24.2 Å². The van der Waals surface area contributed by atoms with Gasteiger partial charge in [0.15, 0.2) is 0 Å². The van der Waals surface area contributed by atoms with E-state index in [0.717, 1.165) is 16.7 Å². The van der Waals surface area contributed by atoms with Crippen molar-refractivity contribution in [1.82, 2.24) is 5.32 Å². The molecule has 0 heterocycles. The van der Waals surface area contributed by atoms with E-state index in [1.807, 2.05) is 61.5 Å². The second kappa shape index (κ2) is 14.4. The number of hydrogen-bond acceptors (Lipinski definition) is 4. The normalized spacial score (nSPS) is 13.1.